The highest BCUT2D eigenvalue weighted by atomic mass is 127. The van der Waals surface area contributed by atoms with Crippen LogP contribution in [0.15, 0.2) is 47.5 Å². The summed E-state index contributed by atoms with van der Waals surface area (Å²) < 4.78 is 10.4. The van der Waals surface area contributed by atoms with Crippen molar-refractivity contribution >= 4 is 41.5 Å². The highest BCUT2D eigenvalue weighted by molar-refractivity contribution is 14.0. The van der Waals surface area contributed by atoms with E-state index < -0.39 is 0 Å². The lowest BCUT2D eigenvalue weighted by atomic mass is 10.1. The SMILES string of the molecule is CNC(=O)c1cccc(CN=C(N)Nc2ccc(OC)c(OC)c2)c1.I. The van der Waals surface area contributed by atoms with Gasteiger partial charge >= 0.3 is 0 Å². The first-order chi connectivity index (χ1) is 12.1. The number of carbonyl (C=O) groups excluding carboxylic acids is 1. The van der Waals surface area contributed by atoms with Crippen LogP contribution < -0.4 is 25.8 Å². The fourth-order valence-corrected chi connectivity index (χ4v) is 2.23. The number of hydrogen-bond donors (Lipinski definition) is 3. The number of amides is 1. The molecule has 0 saturated heterocycles. The van der Waals surface area contributed by atoms with Crippen molar-refractivity contribution < 1.29 is 14.3 Å². The van der Waals surface area contributed by atoms with Crippen LogP contribution in [0.25, 0.3) is 0 Å². The van der Waals surface area contributed by atoms with Crippen LogP contribution in [0, 0.1) is 0 Å². The Hall–Kier alpha value is -2.49. The number of methoxy groups -OCH3 is 2. The van der Waals surface area contributed by atoms with Crippen molar-refractivity contribution in [3.63, 3.8) is 0 Å². The molecule has 7 nitrogen and oxygen atoms in total. The topological polar surface area (TPSA) is 98.0 Å². The molecule has 140 valence electrons. The lowest BCUT2D eigenvalue weighted by Crippen LogP contribution is -2.22. The molecule has 4 N–H and O–H groups in total. The van der Waals surface area contributed by atoms with Gasteiger partial charge in [-0.25, -0.2) is 4.99 Å². The van der Waals surface area contributed by atoms with Crippen LogP contribution >= 0.6 is 24.0 Å². The van der Waals surface area contributed by atoms with Crippen LogP contribution in [0.4, 0.5) is 5.69 Å². The molecule has 1 amide bonds. The lowest BCUT2D eigenvalue weighted by molar-refractivity contribution is 0.0963. The van der Waals surface area contributed by atoms with E-state index in [9.17, 15) is 4.79 Å². The normalized spacial score (nSPS) is 10.5. The molecule has 0 saturated carbocycles. The molecule has 0 aliphatic rings. The Balaban J connectivity index is 0.00000338. The van der Waals surface area contributed by atoms with E-state index >= 15 is 0 Å². The highest BCUT2D eigenvalue weighted by Crippen LogP contribution is 2.29. The van der Waals surface area contributed by atoms with Gasteiger partial charge in [-0.1, -0.05) is 12.1 Å². The van der Waals surface area contributed by atoms with Crippen molar-refractivity contribution in [1.82, 2.24) is 5.32 Å². The summed E-state index contributed by atoms with van der Waals surface area (Å²) in [5.41, 5.74) is 8.13. The molecule has 0 fully saturated rings. The molecule has 26 heavy (non-hydrogen) atoms. The highest BCUT2D eigenvalue weighted by Gasteiger charge is 2.06. The number of halogens is 1. The molecule has 0 aliphatic heterocycles. The van der Waals surface area contributed by atoms with Gasteiger partial charge in [0.1, 0.15) is 0 Å². The molecule has 0 bridgehead atoms. The van der Waals surface area contributed by atoms with E-state index in [0.717, 1.165) is 11.3 Å². The number of aliphatic imine (C=N–C) groups is 1. The maximum Gasteiger partial charge on any atom is 0.251 e. The predicted octanol–water partition coefficient (Wildman–Crippen LogP) is 2.61. The van der Waals surface area contributed by atoms with Crippen molar-refractivity contribution in [3.8, 4) is 11.5 Å². The Morgan fingerprint density at radius 2 is 1.85 bits per heavy atom. The molecule has 0 aliphatic carbocycles. The smallest absolute Gasteiger partial charge is 0.251 e. The van der Waals surface area contributed by atoms with Crippen molar-refractivity contribution in [3.05, 3.63) is 53.6 Å². The first-order valence-electron chi connectivity index (χ1n) is 7.67. The number of nitrogens with two attached hydrogens (primary N) is 1. The van der Waals surface area contributed by atoms with E-state index in [2.05, 4.69) is 15.6 Å². The zero-order valence-electron chi connectivity index (χ0n) is 14.9. The number of nitrogens with zero attached hydrogens (tertiary/aromatic N) is 1. The van der Waals surface area contributed by atoms with Crippen LogP contribution in [0.2, 0.25) is 0 Å². The largest absolute Gasteiger partial charge is 0.493 e. The number of benzene rings is 2. The minimum Gasteiger partial charge on any atom is -0.493 e. The van der Waals surface area contributed by atoms with Crippen molar-refractivity contribution in [2.24, 2.45) is 10.7 Å². The van der Waals surface area contributed by atoms with Crippen LogP contribution in [0.1, 0.15) is 15.9 Å². The second-order valence-electron chi connectivity index (χ2n) is 5.18. The Labute approximate surface area is 170 Å². The van der Waals surface area contributed by atoms with Gasteiger partial charge in [0, 0.05) is 24.4 Å². The summed E-state index contributed by atoms with van der Waals surface area (Å²) in [5.74, 6) is 1.35. The predicted molar refractivity (Wildman–Crippen MR) is 114 cm³/mol. The van der Waals surface area contributed by atoms with Gasteiger partial charge in [0.05, 0.1) is 20.8 Å². The van der Waals surface area contributed by atoms with E-state index in [4.69, 9.17) is 15.2 Å². The number of guanidine groups is 1. The third kappa shape index (κ3) is 5.80. The molecule has 2 aromatic carbocycles. The minimum absolute atomic E-state index is 0. The van der Waals surface area contributed by atoms with E-state index in [-0.39, 0.29) is 35.8 Å². The first kappa shape index (κ1) is 21.6. The van der Waals surface area contributed by atoms with Gasteiger partial charge in [0.15, 0.2) is 17.5 Å². The Morgan fingerprint density at radius 1 is 1.12 bits per heavy atom. The van der Waals surface area contributed by atoms with E-state index in [1.165, 1.54) is 0 Å². The van der Waals surface area contributed by atoms with Crippen LogP contribution in [0.5, 0.6) is 11.5 Å². The quantitative estimate of drug-likeness (QED) is 0.343. The van der Waals surface area contributed by atoms with Gasteiger partial charge in [0.2, 0.25) is 0 Å². The van der Waals surface area contributed by atoms with Crippen LogP contribution in [-0.2, 0) is 6.54 Å². The lowest BCUT2D eigenvalue weighted by Gasteiger charge is -2.11. The molecule has 8 heteroatoms. The molecule has 0 unspecified atom stereocenters. The third-order valence-electron chi connectivity index (χ3n) is 3.50. The fraction of sp³-hybridized carbons (Fsp3) is 0.222. The molecule has 0 atom stereocenters. The molecule has 0 spiro atoms. The van der Waals surface area contributed by atoms with Crippen LogP contribution in [0.3, 0.4) is 0 Å². The Bertz CT molecular complexity index is 781. The van der Waals surface area contributed by atoms with Crippen molar-refractivity contribution in [2.75, 3.05) is 26.6 Å². The van der Waals surface area contributed by atoms with Crippen molar-refractivity contribution in [1.29, 1.82) is 0 Å². The Morgan fingerprint density at radius 3 is 2.50 bits per heavy atom. The van der Waals surface area contributed by atoms with Gasteiger partial charge in [-0.15, -0.1) is 24.0 Å². The monoisotopic (exact) mass is 470 g/mol. The number of ether oxygens (including phenoxy) is 2. The van der Waals surface area contributed by atoms with Gasteiger partial charge in [-0.3, -0.25) is 4.79 Å². The molecular formula is C18H23IN4O3. The maximum atomic E-state index is 11.7. The molecule has 0 aromatic heterocycles. The number of nitrogens with one attached hydrogen (secondary N) is 2. The summed E-state index contributed by atoms with van der Waals surface area (Å²) in [5, 5.41) is 5.59. The Kier molecular flexibility index (Phi) is 8.70. The van der Waals surface area contributed by atoms with Crippen LogP contribution in [-0.4, -0.2) is 33.1 Å². The summed E-state index contributed by atoms with van der Waals surface area (Å²) in [4.78, 5) is 15.9. The zero-order valence-corrected chi connectivity index (χ0v) is 17.2. The second-order valence-corrected chi connectivity index (χ2v) is 5.18. The molecule has 0 radical (unpaired) electrons. The molecule has 0 heterocycles. The zero-order chi connectivity index (χ0) is 18.2. The summed E-state index contributed by atoms with van der Waals surface area (Å²) in [7, 11) is 4.74. The average Bonchev–Trinajstić information content (AvgIpc) is 2.65. The van der Waals surface area contributed by atoms with E-state index in [1.54, 1.807) is 45.5 Å². The standard InChI is InChI=1S/C18H22N4O3.HI/c1-20-17(23)13-6-4-5-12(9-13)11-21-18(19)22-14-7-8-15(24-2)16(10-14)25-3;/h4-10H,11H2,1-3H3,(H,20,23)(H3,19,21,22);1H. The molecule has 2 rings (SSSR count). The molecule has 2 aromatic rings. The van der Waals surface area contributed by atoms with Gasteiger partial charge in [0.25, 0.3) is 5.91 Å². The first-order valence-corrected chi connectivity index (χ1v) is 7.67. The van der Waals surface area contributed by atoms with Crippen molar-refractivity contribution in [2.45, 2.75) is 6.54 Å². The third-order valence-corrected chi connectivity index (χ3v) is 3.50. The average molecular weight is 470 g/mol. The van der Waals surface area contributed by atoms with E-state index in [1.807, 2.05) is 18.2 Å². The number of carbonyl (C=O) groups is 1. The fourth-order valence-electron chi connectivity index (χ4n) is 2.23. The number of rotatable bonds is 6. The molecular weight excluding hydrogens is 447 g/mol. The minimum atomic E-state index is -0.137. The summed E-state index contributed by atoms with van der Waals surface area (Å²) in [6, 6.07) is 12.6. The number of anilines is 1. The maximum absolute atomic E-state index is 11.7. The number of hydrogen-bond acceptors (Lipinski definition) is 4. The van der Waals surface area contributed by atoms with E-state index in [0.29, 0.717) is 23.6 Å². The second kappa shape index (κ2) is 10.5. The van der Waals surface area contributed by atoms with Gasteiger partial charge in [-0.05, 0) is 29.8 Å². The van der Waals surface area contributed by atoms with Gasteiger partial charge < -0.3 is 25.8 Å². The summed E-state index contributed by atoms with van der Waals surface area (Å²) >= 11 is 0. The summed E-state index contributed by atoms with van der Waals surface area (Å²) in [6.45, 7) is 0.358. The van der Waals surface area contributed by atoms with Gasteiger partial charge in [-0.2, -0.15) is 0 Å². The summed E-state index contributed by atoms with van der Waals surface area (Å²) in [6.07, 6.45) is 0.